The van der Waals surface area contributed by atoms with E-state index in [1.165, 1.54) is 23.5 Å². The van der Waals surface area contributed by atoms with Crippen LogP contribution in [0.5, 0.6) is 0 Å². The standard InChI is InChI=1S/C23H23ClN2O4S2/c1-2-32(29,30)17-9-3-14(4-10-17)13-20(27)26-23-25-19-12-11-18(21(28)22(19)31-23)15-5-7-16(24)8-6-15/h3-10,18,21,28H,2,11-13H2,1H3,(H,25,26,27). The summed E-state index contributed by atoms with van der Waals surface area (Å²) in [6.45, 7) is 1.60. The lowest BCUT2D eigenvalue weighted by molar-refractivity contribution is -0.115. The van der Waals surface area contributed by atoms with Crippen molar-refractivity contribution in [3.63, 3.8) is 0 Å². The van der Waals surface area contributed by atoms with Crippen LogP contribution in [0.15, 0.2) is 53.4 Å². The van der Waals surface area contributed by atoms with Gasteiger partial charge in [-0.3, -0.25) is 4.79 Å². The lowest BCUT2D eigenvalue weighted by atomic mass is 9.83. The van der Waals surface area contributed by atoms with Crippen molar-refractivity contribution in [3.8, 4) is 0 Å². The summed E-state index contributed by atoms with van der Waals surface area (Å²) in [6.07, 6.45) is 0.905. The van der Waals surface area contributed by atoms with Crippen LogP contribution < -0.4 is 5.32 Å². The first-order valence-electron chi connectivity index (χ1n) is 10.3. The fraction of sp³-hybridized carbons (Fsp3) is 0.304. The minimum Gasteiger partial charge on any atom is -0.387 e. The molecule has 0 saturated heterocycles. The minimum atomic E-state index is -3.27. The highest BCUT2D eigenvalue weighted by molar-refractivity contribution is 7.91. The Kier molecular flexibility index (Phi) is 6.67. The number of thiazole rings is 1. The van der Waals surface area contributed by atoms with Crippen LogP contribution in [-0.2, 0) is 27.5 Å². The lowest BCUT2D eigenvalue weighted by Crippen LogP contribution is -2.17. The molecule has 3 aromatic rings. The molecule has 1 aliphatic rings. The number of aryl methyl sites for hydroxylation is 1. The number of sulfone groups is 1. The van der Waals surface area contributed by atoms with Gasteiger partial charge in [0.05, 0.1) is 33.7 Å². The molecule has 32 heavy (non-hydrogen) atoms. The van der Waals surface area contributed by atoms with Gasteiger partial charge in [-0.05, 0) is 48.2 Å². The van der Waals surface area contributed by atoms with Gasteiger partial charge in [-0.2, -0.15) is 0 Å². The number of nitrogens with zero attached hydrogens (tertiary/aromatic N) is 1. The van der Waals surface area contributed by atoms with Gasteiger partial charge in [0.25, 0.3) is 0 Å². The molecule has 0 fully saturated rings. The molecule has 2 aromatic carbocycles. The van der Waals surface area contributed by atoms with E-state index in [1.54, 1.807) is 19.1 Å². The zero-order valence-electron chi connectivity index (χ0n) is 17.4. The second-order valence-corrected chi connectivity index (χ2v) is 11.5. The highest BCUT2D eigenvalue weighted by Crippen LogP contribution is 2.44. The van der Waals surface area contributed by atoms with Crippen LogP contribution >= 0.6 is 22.9 Å². The summed E-state index contributed by atoms with van der Waals surface area (Å²) in [5, 5.41) is 14.8. The van der Waals surface area contributed by atoms with Crippen molar-refractivity contribution in [3.05, 3.63) is 75.3 Å². The predicted molar refractivity (Wildman–Crippen MR) is 126 cm³/mol. The highest BCUT2D eigenvalue weighted by atomic mass is 35.5. The molecule has 1 aromatic heterocycles. The predicted octanol–water partition coefficient (Wildman–Crippen LogP) is 4.53. The molecule has 0 saturated carbocycles. The number of benzene rings is 2. The molecule has 2 N–H and O–H groups in total. The molecule has 1 heterocycles. The maximum atomic E-state index is 12.5. The molecule has 1 amide bonds. The number of hydrogen-bond donors (Lipinski definition) is 2. The zero-order chi connectivity index (χ0) is 22.9. The van der Waals surface area contributed by atoms with E-state index in [1.807, 2.05) is 24.3 Å². The molecule has 2 atom stereocenters. The Labute approximate surface area is 196 Å². The lowest BCUT2D eigenvalue weighted by Gasteiger charge is -2.27. The SMILES string of the molecule is CCS(=O)(=O)c1ccc(CC(=O)Nc2nc3c(s2)C(O)C(c2ccc(Cl)cc2)CC3)cc1. The van der Waals surface area contributed by atoms with Gasteiger partial charge in [-0.15, -0.1) is 0 Å². The number of aliphatic hydroxyl groups is 1. The maximum absolute atomic E-state index is 12.5. The van der Waals surface area contributed by atoms with Crippen molar-refractivity contribution in [1.29, 1.82) is 0 Å². The Morgan fingerprint density at radius 3 is 2.53 bits per heavy atom. The monoisotopic (exact) mass is 490 g/mol. The molecular weight excluding hydrogens is 468 g/mol. The van der Waals surface area contributed by atoms with Crippen molar-refractivity contribution in [2.75, 3.05) is 11.1 Å². The number of halogens is 1. The highest BCUT2D eigenvalue weighted by Gasteiger charge is 2.32. The minimum absolute atomic E-state index is 0.0340. The number of anilines is 1. The number of aliphatic hydroxyl groups excluding tert-OH is 1. The third-order valence-electron chi connectivity index (χ3n) is 5.64. The maximum Gasteiger partial charge on any atom is 0.230 e. The van der Waals surface area contributed by atoms with Crippen LogP contribution in [0, 0.1) is 0 Å². The van der Waals surface area contributed by atoms with Crippen LogP contribution in [-0.4, -0.2) is 30.2 Å². The number of rotatable bonds is 6. The Morgan fingerprint density at radius 1 is 1.19 bits per heavy atom. The third kappa shape index (κ3) is 4.88. The van der Waals surface area contributed by atoms with Gasteiger partial charge in [-0.25, -0.2) is 13.4 Å². The van der Waals surface area contributed by atoms with Crippen LogP contribution in [0.3, 0.4) is 0 Å². The molecule has 1 aliphatic carbocycles. The van der Waals surface area contributed by atoms with Gasteiger partial charge in [0, 0.05) is 10.9 Å². The van der Waals surface area contributed by atoms with Gasteiger partial charge in [0.1, 0.15) is 0 Å². The van der Waals surface area contributed by atoms with E-state index in [-0.39, 0.29) is 28.9 Å². The first-order valence-corrected chi connectivity index (χ1v) is 13.2. The van der Waals surface area contributed by atoms with Crippen molar-refractivity contribution in [2.45, 2.75) is 43.1 Å². The molecule has 0 radical (unpaired) electrons. The van der Waals surface area contributed by atoms with E-state index >= 15 is 0 Å². The first-order chi connectivity index (χ1) is 15.3. The molecule has 4 rings (SSSR count). The van der Waals surface area contributed by atoms with E-state index in [2.05, 4.69) is 10.3 Å². The second-order valence-electron chi connectivity index (χ2n) is 7.74. The van der Waals surface area contributed by atoms with Crippen molar-refractivity contribution in [1.82, 2.24) is 4.98 Å². The fourth-order valence-corrected chi connectivity index (χ4v) is 5.94. The van der Waals surface area contributed by atoms with E-state index < -0.39 is 15.9 Å². The van der Waals surface area contributed by atoms with E-state index in [0.29, 0.717) is 15.7 Å². The molecule has 0 bridgehead atoms. The summed E-state index contributed by atoms with van der Waals surface area (Å²) in [7, 11) is -3.27. The molecule has 0 spiro atoms. The smallest absolute Gasteiger partial charge is 0.230 e. The zero-order valence-corrected chi connectivity index (χ0v) is 19.8. The summed E-state index contributed by atoms with van der Waals surface area (Å²) in [5.74, 6) is -0.251. The summed E-state index contributed by atoms with van der Waals surface area (Å²) >= 11 is 7.27. The average molecular weight is 491 g/mol. The summed E-state index contributed by atoms with van der Waals surface area (Å²) in [6, 6.07) is 13.9. The number of carbonyl (C=O) groups is 1. The summed E-state index contributed by atoms with van der Waals surface area (Å²) in [5.41, 5.74) is 2.55. The van der Waals surface area contributed by atoms with Gasteiger partial charge < -0.3 is 10.4 Å². The molecule has 9 heteroatoms. The number of amides is 1. The molecule has 168 valence electrons. The summed E-state index contributed by atoms with van der Waals surface area (Å²) < 4.78 is 23.8. The molecule has 6 nitrogen and oxygen atoms in total. The Balaban J connectivity index is 1.43. The summed E-state index contributed by atoms with van der Waals surface area (Å²) in [4.78, 5) is 18.0. The number of nitrogens with one attached hydrogen (secondary N) is 1. The first kappa shape index (κ1) is 22.9. The Bertz CT molecular complexity index is 1220. The van der Waals surface area contributed by atoms with Crippen LogP contribution in [0.2, 0.25) is 5.02 Å². The second kappa shape index (κ2) is 9.31. The molecular formula is C23H23ClN2O4S2. The van der Waals surface area contributed by atoms with Crippen LogP contribution in [0.25, 0.3) is 0 Å². The van der Waals surface area contributed by atoms with Crippen LogP contribution in [0.1, 0.15) is 47.1 Å². The largest absolute Gasteiger partial charge is 0.387 e. The van der Waals surface area contributed by atoms with Crippen molar-refractivity contribution < 1.29 is 18.3 Å². The van der Waals surface area contributed by atoms with E-state index in [4.69, 9.17) is 11.6 Å². The third-order valence-corrected chi connectivity index (χ3v) is 8.73. The van der Waals surface area contributed by atoms with Crippen molar-refractivity contribution in [2.24, 2.45) is 0 Å². The number of aromatic nitrogens is 1. The average Bonchev–Trinajstić information content (AvgIpc) is 3.18. The quantitative estimate of drug-likeness (QED) is 0.529. The van der Waals surface area contributed by atoms with Crippen LogP contribution in [0.4, 0.5) is 5.13 Å². The van der Waals surface area contributed by atoms with Gasteiger partial charge in [0.2, 0.25) is 5.91 Å². The number of fused-ring (bicyclic) bond motifs is 1. The van der Waals surface area contributed by atoms with E-state index in [0.717, 1.165) is 29.0 Å². The topological polar surface area (TPSA) is 96.4 Å². The fourth-order valence-electron chi connectivity index (χ4n) is 3.85. The van der Waals surface area contributed by atoms with Crippen molar-refractivity contribution >= 4 is 43.8 Å². The number of hydrogen-bond acceptors (Lipinski definition) is 6. The van der Waals surface area contributed by atoms with Gasteiger partial charge >= 0.3 is 0 Å². The molecule has 2 unspecified atom stereocenters. The van der Waals surface area contributed by atoms with E-state index in [9.17, 15) is 18.3 Å². The van der Waals surface area contributed by atoms with Gasteiger partial charge in [-0.1, -0.05) is 54.1 Å². The normalized spacial score (nSPS) is 18.2. The number of carbonyl (C=O) groups excluding carboxylic acids is 1. The Morgan fingerprint density at radius 2 is 1.88 bits per heavy atom. The van der Waals surface area contributed by atoms with Gasteiger partial charge in [0.15, 0.2) is 15.0 Å². The Hall–Kier alpha value is -2.26. The molecule has 0 aliphatic heterocycles.